The smallest absolute Gasteiger partial charge is 0.271 e. The number of aromatic nitrogens is 2. The molecular formula is C18H16FN3OS. The van der Waals surface area contributed by atoms with E-state index in [9.17, 15) is 9.18 Å². The lowest BCUT2D eigenvalue weighted by molar-refractivity contribution is 0.0930. The fraction of sp³-hybridized carbons (Fsp3) is 0.222. The number of nitrogens with one attached hydrogen (secondary N) is 1. The third kappa shape index (κ3) is 2.67. The molecule has 1 N–H and O–H groups in total. The summed E-state index contributed by atoms with van der Waals surface area (Å²) < 4.78 is 15.8. The monoisotopic (exact) mass is 341 g/mol. The van der Waals surface area contributed by atoms with E-state index < -0.39 is 0 Å². The molecule has 122 valence electrons. The summed E-state index contributed by atoms with van der Waals surface area (Å²) in [7, 11) is 0. The number of pyridine rings is 1. The van der Waals surface area contributed by atoms with E-state index in [2.05, 4.69) is 10.3 Å². The van der Waals surface area contributed by atoms with E-state index in [-0.39, 0.29) is 17.8 Å². The third-order valence-electron chi connectivity index (χ3n) is 4.18. The number of fused-ring (bicyclic) bond motifs is 2. The van der Waals surface area contributed by atoms with E-state index in [1.54, 1.807) is 12.3 Å². The number of halogens is 1. The minimum absolute atomic E-state index is 0.184. The summed E-state index contributed by atoms with van der Waals surface area (Å²) in [6.07, 6.45) is 4.38. The number of carbonyl (C=O) groups excluding carboxylic acids is 1. The Hall–Kier alpha value is -2.34. The van der Waals surface area contributed by atoms with E-state index >= 15 is 0 Å². The Balaban J connectivity index is 1.61. The van der Waals surface area contributed by atoms with Crippen molar-refractivity contribution in [1.29, 1.82) is 0 Å². The van der Waals surface area contributed by atoms with E-state index in [4.69, 9.17) is 0 Å². The summed E-state index contributed by atoms with van der Waals surface area (Å²) in [5.41, 5.74) is 3.05. The fourth-order valence-electron chi connectivity index (χ4n) is 2.96. The Labute approximate surface area is 143 Å². The number of thioether (sulfide) groups is 1. The molecule has 1 aliphatic rings. The molecule has 1 aromatic carbocycles. The number of rotatable bonds is 2. The second-order valence-corrected chi connectivity index (χ2v) is 7.02. The van der Waals surface area contributed by atoms with Crippen LogP contribution in [0.2, 0.25) is 0 Å². The third-order valence-corrected chi connectivity index (χ3v) is 5.34. The Morgan fingerprint density at radius 2 is 2.29 bits per heavy atom. The molecule has 2 aromatic heterocycles. The highest BCUT2D eigenvalue weighted by Gasteiger charge is 2.25. The quantitative estimate of drug-likeness (QED) is 0.772. The molecule has 3 aromatic rings. The van der Waals surface area contributed by atoms with Crippen molar-refractivity contribution in [2.75, 3.05) is 5.75 Å². The molecule has 0 radical (unpaired) electrons. The van der Waals surface area contributed by atoms with Crippen LogP contribution in [0.4, 0.5) is 4.39 Å². The van der Waals surface area contributed by atoms with Crippen LogP contribution in [-0.4, -0.2) is 21.0 Å². The van der Waals surface area contributed by atoms with Gasteiger partial charge in [0, 0.05) is 23.0 Å². The fourth-order valence-corrected chi connectivity index (χ4v) is 4.10. The molecular weight excluding hydrogens is 325 g/mol. The number of hydrogen-bond acceptors (Lipinski definition) is 3. The molecule has 0 unspecified atom stereocenters. The molecule has 1 amide bonds. The molecule has 0 aliphatic carbocycles. The summed E-state index contributed by atoms with van der Waals surface area (Å²) >= 11 is 1.50. The maximum absolute atomic E-state index is 13.9. The minimum atomic E-state index is -0.233. The van der Waals surface area contributed by atoms with Gasteiger partial charge in [0.15, 0.2) is 0 Å². The zero-order valence-electron chi connectivity index (χ0n) is 13.1. The van der Waals surface area contributed by atoms with Crippen molar-refractivity contribution < 1.29 is 9.18 Å². The Bertz CT molecular complexity index is 937. The maximum atomic E-state index is 13.9. The summed E-state index contributed by atoms with van der Waals surface area (Å²) in [5, 5.41) is 3.00. The maximum Gasteiger partial charge on any atom is 0.271 e. The second-order valence-electron chi connectivity index (χ2n) is 5.92. The number of amides is 1. The Kier molecular flexibility index (Phi) is 3.76. The van der Waals surface area contributed by atoms with Crippen molar-refractivity contribution in [2.45, 2.75) is 24.3 Å². The molecule has 24 heavy (non-hydrogen) atoms. The van der Waals surface area contributed by atoms with Crippen LogP contribution in [0.3, 0.4) is 0 Å². The highest BCUT2D eigenvalue weighted by Crippen LogP contribution is 2.37. The van der Waals surface area contributed by atoms with E-state index in [1.807, 2.05) is 35.7 Å². The molecule has 0 saturated carbocycles. The molecule has 6 heteroatoms. The number of hydrogen-bond donors (Lipinski definition) is 1. The van der Waals surface area contributed by atoms with Crippen molar-refractivity contribution in [2.24, 2.45) is 0 Å². The lowest BCUT2D eigenvalue weighted by Gasteiger charge is -2.25. The van der Waals surface area contributed by atoms with Gasteiger partial charge in [0.05, 0.1) is 6.04 Å². The highest BCUT2D eigenvalue weighted by molar-refractivity contribution is 7.99. The second kappa shape index (κ2) is 5.94. The van der Waals surface area contributed by atoms with Crippen molar-refractivity contribution in [1.82, 2.24) is 14.7 Å². The largest absolute Gasteiger partial charge is 0.344 e. The first-order valence-electron chi connectivity index (χ1n) is 7.79. The molecule has 0 saturated heterocycles. The number of imidazole rings is 1. The number of aryl methyl sites for hydroxylation is 1. The lowest BCUT2D eigenvalue weighted by Crippen LogP contribution is -2.31. The van der Waals surface area contributed by atoms with Gasteiger partial charge >= 0.3 is 0 Å². The minimum Gasteiger partial charge on any atom is -0.344 e. The molecule has 0 fully saturated rings. The topological polar surface area (TPSA) is 46.4 Å². The molecule has 1 aliphatic heterocycles. The van der Waals surface area contributed by atoms with Crippen LogP contribution >= 0.6 is 11.8 Å². The van der Waals surface area contributed by atoms with E-state index in [1.165, 1.54) is 17.8 Å². The Morgan fingerprint density at radius 1 is 1.42 bits per heavy atom. The van der Waals surface area contributed by atoms with Crippen LogP contribution < -0.4 is 5.32 Å². The molecule has 3 heterocycles. The van der Waals surface area contributed by atoms with Gasteiger partial charge in [-0.2, -0.15) is 0 Å². The molecule has 0 spiro atoms. The van der Waals surface area contributed by atoms with E-state index in [0.29, 0.717) is 10.6 Å². The van der Waals surface area contributed by atoms with Gasteiger partial charge in [0.1, 0.15) is 17.2 Å². The first-order chi connectivity index (χ1) is 11.6. The SMILES string of the molecule is Cc1ccn2cc(C(=O)N[C@@H]3CCSc4c(F)cccc43)nc2c1. The van der Waals surface area contributed by atoms with Crippen LogP contribution in [0.15, 0.2) is 47.6 Å². The van der Waals surface area contributed by atoms with Gasteiger partial charge in [-0.05, 0) is 42.7 Å². The average Bonchev–Trinajstić information content (AvgIpc) is 2.99. The summed E-state index contributed by atoms with van der Waals surface area (Å²) in [6, 6.07) is 8.73. The van der Waals surface area contributed by atoms with Gasteiger partial charge in [-0.1, -0.05) is 12.1 Å². The van der Waals surface area contributed by atoms with Gasteiger partial charge in [0.25, 0.3) is 5.91 Å². The summed E-state index contributed by atoms with van der Waals surface area (Å²) in [6.45, 7) is 1.99. The zero-order valence-corrected chi connectivity index (χ0v) is 13.9. The van der Waals surface area contributed by atoms with Crippen molar-refractivity contribution in [3.63, 3.8) is 0 Å². The predicted octanol–water partition coefficient (Wildman–Crippen LogP) is 3.75. The van der Waals surface area contributed by atoms with Crippen LogP contribution in [0.5, 0.6) is 0 Å². The normalized spacial score (nSPS) is 16.8. The van der Waals surface area contributed by atoms with Gasteiger partial charge in [-0.15, -0.1) is 11.8 Å². The first-order valence-corrected chi connectivity index (χ1v) is 8.78. The van der Waals surface area contributed by atoms with Crippen molar-refractivity contribution >= 4 is 23.3 Å². The van der Waals surface area contributed by atoms with Gasteiger partial charge < -0.3 is 9.72 Å². The van der Waals surface area contributed by atoms with Crippen LogP contribution in [0.25, 0.3) is 5.65 Å². The zero-order chi connectivity index (χ0) is 16.7. The van der Waals surface area contributed by atoms with Gasteiger partial charge in [-0.3, -0.25) is 4.79 Å². The highest BCUT2D eigenvalue weighted by atomic mass is 32.2. The molecule has 0 bridgehead atoms. The summed E-state index contributed by atoms with van der Waals surface area (Å²) in [5.74, 6) is 0.326. The number of benzene rings is 1. The number of carbonyl (C=O) groups is 1. The van der Waals surface area contributed by atoms with Crippen molar-refractivity contribution in [3.05, 3.63) is 65.4 Å². The predicted molar refractivity (Wildman–Crippen MR) is 91.9 cm³/mol. The van der Waals surface area contributed by atoms with E-state index in [0.717, 1.165) is 28.9 Å². The Morgan fingerprint density at radius 3 is 3.17 bits per heavy atom. The van der Waals surface area contributed by atoms with Crippen molar-refractivity contribution in [3.8, 4) is 0 Å². The standard InChI is InChI=1S/C18H16FN3OS/c1-11-5-7-22-10-15(20-16(22)9-11)18(23)21-14-6-8-24-17-12(14)3-2-4-13(17)19/h2-5,7,9-10,14H,6,8H2,1H3,(H,21,23)/t14-/m1/s1. The van der Waals surface area contributed by atoms with Gasteiger partial charge in [0.2, 0.25) is 0 Å². The van der Waals surface area contributed by atoms with Gasteiger partial charge in [-0.25, -0.2) is 9.37 Å². The van der Waals surface area contributed by atoms with Crippen LogP contribution in [0.1, 0.15) is 34.1 Å². The first kappa shape index (κ1) is 15.2. The lowest BCUT2D eigenvalue weighted by atomic mass is 10.0. The summed E-state index contributed by atoms with van der Waals surface area (Å²) in [4.78, 5) is 17.6. The average molecular weight is 341 g/mol. The molecule has 4 rings (SSSR count). The van der Waals surface area contributed by atoms with Crippen LogP contribution in [-0.2, 0) is 0 Å². The number of nitrogens with zero attached hydrogens (tertiary/aromatic N) is 2. The molecule has 4 nitrogen and oxygen atoms in total. The molecule has 1 atom stereocenters. The van der Waals surface area contributed by atoms with Crippen LogP contribution in [0, 0.1) is 12.7 Å².